The molecule has 7 nitrogen and oxygen atoms in total. The number of piperidine rings is 1. The number of carbonyl (C=O) groups excluding carboxylic acids is 1. The summed E-state index contributed by atoms with van der Waals surface area (Å²) in [5.41, 5.74) is 2.30. The largest absolute Gasteiger partial charge is 0.340 e. The van der Waals surface area contributed by atoms with E-state index in [1.54, 1.807) is 0 Å². The van der Waals surface area contributed by atoms with Gasteiger partial charge in [0.25, 0.3) is 0 Å². The highest BCUT2D eigenvalue weighted by Gasteiger charge is 2.24. The molecule has 0 aromatic carbocycles. The Hall–Kier alpha value is -1.44. The number of piperazine rings is 1. The van der Waals surface area contributed by atoms with Gasteiger partial charge in [-0.3, -0.25) is 14.4 Å². The molecule has 1 aromatic rings. The van der Waals surface area contributed by atoms with Crippen molar-refractivity contribution in [1.82, 2.24) is 29.8 Å². The van der Waals surface area contributed by atoms with Gasteiger partial charge in [0, 0.05) is 58.7 Å². The molecule has 0 radical (unpaired) electrons. The number of fused-ring (bicyclic) bond motifs is 1. The number of rotatable bonds is 5. The number of hydrogen-bond acceptors (Lipinski definition) is 5. The van der Waals surface area contributed by atoms with Gasteiger partial charge in [-0.1, -0.05) is 0 Å². The number of carbonyl (C=O) groups is 1. The Labute approximate surface area is 162 Å². The molecule has 27 heavy (non-hydrogen) atoms. The summed E-state index contributed by atoms with van der Waals surface area (Å²) in [6, 6.07) is 2.15. The third-order valence-corrected chi connectivity index (χ3v) is 6.39. The second kappa shape index (κ2) is 8.71. The first-order chi connectivity index (χ1) is 13.2. The van der Waals surface area contributed by atoms with E-state index >= 15 is 0 Å². The smallest absolute Gasteiger partial charge is 0.223 e. The Morgan fingerprint density at radius 3 is 2.67 bits per heavy atom. The van der Waals surface area contributed by atoms with E-state index in [4.69, 9.17) is 0 Å². The molecule has 0 spiro atoms. The maximum Gasteiger partial charge on any atom is 0.223 e. The SMILES string of the molecule is CN1CCC(CN2CCN(C(=O)CCc3cc4n(n3)CCNC4)CC2)CC1. The lowest BCUT2D eigenvalue weighted by atomic mass is 9.96. The number of aromatic nitrogens is 2. The van der Waals surface area contributed by atoms with Gasteiger partial charge in [-0.15, -0.1) is 0 Å². The minimum absolute atomic E-state index is 0.290. The molecule has 0 bridgehead atoms. The summed E-state index contributed by atoms with van der Waals surface area (Å²) in [6.45, 7) is 10.3. The minimum atomic E-state index is 0.290. The van der Waals surface area contributed by atoms with Crippen LogP contribution in [-0.2, 0) is 24.3 Å². The summed E-state index contributed by atoms with van der Waals surface area (Å²) in [5, 5.41) is 8.01. The Bertz CT molecular complexity index is 605. The number of likely N-dealkylation sites (tertiary alicyclic amines) is 1. The summed E-state index contributed by atoms with van der Waals surface area (Å²) in [5.74, 6) is 1.13. The number of amides is 1. The topological polar surface area (TPSA) is 56.6 Å². The number of nitrogens with zero attached hydrogens (tertiary/aromatic N) is 5. The molecule has 1 amide bonds. The van der Waals surface area contributed by atoms with Gasteiger partial charge in [-0.25, -0.2) is 0 Å². The molecule has 1 aromatic heterocycles. The lowest BCUT2D eigenvalue weighted by Crippen LogP contribution is -2.50. The first kappa shape index (κ1) is 18.9. The van der Waals surface area contributed by atoms with Crippen molar-refractivity contribution in [3.05, 3.63) is 17.5 Å². The van der Waals surface area contributed by atoms with Gasteiger partial charge in [-0.2, -0.15) is 5.10 Å². The third kappa shape index (κ3) is 4.89. The van der Waals surface area contributed by atoms with Crippen LogP contribution in [0.25, 0.3) is 0 Å². The maximum absolute atomic E-state index is 12.6. The molecule has 2 fully saturated rings. The van der Waals surface area contributed by atoms with Crippen LogP contribution in [0.1, 0.15) is 30.7 Å². The Kier molecular flexibility index (Phi) is 6.10. The first-order valence-corrected chi connectivity index (χ1v) is 10.6. The number of hydrogen-bond donors (Lipinski definition) is 1. The van der Waals surface area contributed by atoms with Crippen LogP contribution in [0, 0.1) is 5.92 Å². The van der Waals surface area contributed by atoms with E-state index in [-0.39, 0.29) is 5.91 Å². The Morgan fingerprint density at radius 1 is 1.15 bits per heavy atom. The van der Waals surface area contributed by atoms with Gasteiger partial charge >= 0.3 is 0 Å². The van der Waals surface area contributed by atoms with Crippen LogP contribution in [0.15, 0.2) is 6.07 Å². The molecule has 7 heteroatoms. The van der Waals surface area contributed by atoms with E-state index in [1.165, 1.54) is 38.2 Å². The van der Waals surface area contributed by atoms with Crippen molar-refractivity contribution in [2.24, 2.45) is 5.92 Å². The Balaban J connectivity index is 1.18. The predicted molar refractivity (Wildman–Crippen MR) is 105 cm³/mol. The highest BCUT2D eigenvalue weighted by Crippen LogP contribution is 2.18. The zero-order valence-electron chi connectivity index (χ0n) is 16.7. The summed E-state index contributed by atoms with van der Waals surface area (Å²) in [4.78, 5) is 19.7. The highest BCUT2D eigenvalue weighted by molar-refractivity contribution is 5.76. The van der Waals surface area contributed by atoms with Gasteiger partial charge in [0.05, 0.1) is 17.9 Å². The average Bonchev–Trinajstić information content (AvgIpc) is 3.11. The molecule has 0 atom stereocenters. The van der Waals surface area contributed by atoms with Crippen molar-refractivity contribution in [2.45, 2.75) is 38.8 Å². The second-order valence-electron chi connectivity index (χ2n) is 8.45. The fourth-order valence-electron chi connectivity index (χ4n) is 4.56. The quantitative estimate of drug-likeness (QED) is 0.809. The number of aryl methyl sites for hydroxylation is 1. The molecule has 0 saturated carbocycles. The first-order valence-electron chi connectivity index (χ1n) is 10.6. The third-order valence-electron chi connectivity index (χ3n) is 6.39. The van der Waals surface area contributed by atoms with E-state index in [0.29, 0.717) is 6.42 Å². The molecule has 3 aliphatic heterocycles. The van der Waals surface area contributed by atoms with E-state index in [9.17, 15) is 4.79 Å². The van der Waals surface area contributed by atoms with E-state index < -0.39 is 0 Å². The summed E-state index contributed by atoms with van der Waals surface area (Å²) in [7, 11) is 2.22. The van der Waals surface area contributed by atoms with Gasteiger partial charge in [-0.05, 0) is 45.0 Å². The average molecular weight is 375 g/mol. The fourth-order valence-corrected chi connectivity index (χ4v) is 4.56. The molecular formula is C20H34N6O. The molecule has 3 aliphatic rings. The molecule has 0 aliphatic carbocycles. The molecule has 1 N–H and O–H groups in total. The van der Waals surface area contributed by atoms with Crippen molar-refractivity contribution in [3.8, 4) is 0 Å². The molecule has 0 unspecified atom stereocenters. The van der Waals surface area contributed by atoms with Crippen molar-refractivity contribution in [2.75, 3.05) is 59.4 Å². The van der Waals surface area contributed by atoms with E-state index in [0.717, 1.165) is 63.8 Å². The van der Waals surface area contributed by atoms with E-state index in [1.807, 2.05) is 0 Å². The van der Waals surface area contributed by atoms with Crippen LogP contribution in [0.3, 0.4) is 0 Å². The summed E-state index contributed by atoms with van der Waals surface area (Å²) in [6.07, 6.45) is 3.98. The predicted octanol–water partition coefficient (Wildman–Crippen LogP) is 0.405. The van der Waals surface area contributed by atoms with Crippen LogP contribution in [0.5, 0.6) is 0 Å². The second-order valence-corrected chi connectivity index (χ2v) is 8.45. The van der Waals surface area contributed by atoms with Crippen molar-refractivity contribution >= 4 is 5.91 Å². The molecule has 4 rings (SSSR count). The van der Waals surface area contributed by atoms with Crippen LogP contribution in [-0.4, -0.2) is 89.8 Å². The fraction of sp³-hybridized carbons (Fsp3) is 0.800. The minimum Gasteiger partial charge on any atom is -0.340 e. The standard InChI is InChI=1S/C20H34N6O/c1-23-7-4-17(5-8-23)16-24-10-12-25(13-11-24)20(27)3-2-18-14-19-15-21-6-9-26(19)22-18/h14,17,21H,2-13,15-16H2,1H3. The van der Waals surface area contributed by atoms with Crippen LogP contribution >= 0.6 is 0 Å². The summed E-state index contributed by atoms with van der Waals surface area (Å²) < 4.78 is 2.08. The van der Waals surface area contributed by atoms with Gasteiger partial charge in [0.15, 0.2) is 0 Å². The van der Waals surface area contributed by atoms with Crippen molar-refractivity contribution in [1.29, 1.82) is 0 Å². The lowest BCUT2D eigenvalue weighted by Gasteiger charge is -2.38. The van der Waals surface area contributed by atoms with Gasteiger partial charge in [0.2, 0.25) is 5.91 Å². The van der Waals surface area contributed by atoms with Crippen LogP contribution in [0.2, 0.25) is 0 Å². The van der Waals surface area contributed by atoms with Crippen molar-refractivity contribution < 1.29 is 4.79 Å². The highest BCUT2D eigenvalue weighted by atomic mass is 16.2. The van der Waals surface area contributed by atoms with Crippen LogP contribution < -0.4 is 5.32 Å². The normalized spacial score (nSPS) is 22.8. The number of nitrogens with one attached hydrogen (secondary N) is 1. The summed E-state index contributed by atoms with van der Waals surface area (Å²) >= 11 is 0. The monoisotopic (exact) mass is 374 g/mol. The lowest BCUT2D eigenvalue weighted by molar-refractivity contribution is -0.133. The van der Waals surface area contributed by atoms with Gasteiger partial charge in [0.1, 0.15) is 0 Å². The van der Waals surface area contributed by atoms with E-state index in [2.05, 4.69) is 42.9 Å². The molecule has 150 valence electrons. The van der Waals surface area contributed by atoms with Gasteiger partial charge < -0.3 is 15.1 Å². The van der Waals surface area contributed by atoms with Crippen molar-refractivity contribution in [3.63, 3.8) is 0 Å². The zero-order chi connectivity index (χ0) is 18.6. The zero-order valence-corrected chi connectivity index (χ0v) is 16.7. The maximum atomic E-state index is 12.6. The van der Waals surface area contributed by atoms with Crippen LogP contribution in [0.4, 0.5) is 0 Å². The molecule has 4 heterocycles. The molecular weight excluding hydrogens is 340 g/mol. The Morgan fingerprint density at radius 2 is 1.93 bits per heavy atom. The molecule has 2 saturated heterocycles.